The highest BCUT2D eigenvalue weighted by Gasteiger charge is 2.16. The summed E-state index contributed by atoms with van der Waals surface area (Å²) in [6.45, 7) is 0. The normalized spacial score (nSPS) is 10.7. The minimum absolute atomic E-state index is 0.309. The van der Waals surface area contributed by atoms with Gasteiger partial charge in [-0.3, -0.25) is 4.79 Å². The van der Waals surface area contributed by atoms with Gasteiger partial charge in [0.25, 0.3) is 5.56 Å². The summed E-state index contributed by atoms with van der Waals surface area (Å²) in [4.78, 5) is 19.2. The van der Waals surface area contributed by atoms with Crippen LogP contribution >= 0.6 is 11.6 Å². The van der Waals surface area contributed by atoms with E-state index in [-0.39, 0.29) is 5.56 Å². The number of aromatic nitrogens is 5. The maximum atomic E-state index is 13.2. The van der Waals surface area contributed by atoms with Gasteiger partial charge in [-0.15, -0.1) is 0 Å². The first-order valence-electron chi connectivity index (χ1n) is 8.80. The number of anilines is 3. The van der Waals surface area contributed by atoms with Gasteiger partial charge in [0, 0.05) is 30.5 Å². The fourth-order valence-corrected chi connectivity index (χ4v) is 2.97. The van der Waals surface area contributed by atoms with Gasteiger partial charge in [0.1, 0.15) is 12.7 Å². The average molecular weight is 408 g/mol. The highest BCUT2D eigenvalue weighted by atomic mass is 35.5. The molecule has 0 atom stereocenters. The largest absolute Gasteiger partial charge is 0.378 e. The number of hydrogen-bond donors (Lipinski definition) is 1. The second kappa shape index (κ2) is 7.76. The number of nitrogens with zero attached hydrogens (tertiary/aromatic N) is 6. The van der Waals surface area contributed by atoms with Crippen LogP contribution in [-0.2, 0) is 0 Å². The molecule has 0 aliphatic heterocycles. The molecule has 2 aromatic heterocycles. The molecule has 0 saturated carbocycles. The number of benzene rings is 2. The molecule has 0 aliphatic rings. The van der Waals surface area contributed by atoms with Crippen molar-refractivity contribution in [2.45, 2.75) is 0 Å². The third-order valence-electron chi connectivity index (χ3n) is 4.33. The molecule has 0 aliphatic carbocycles. The van der Waals surface area contributed by atoms with E-state index in [0.717, 1.165) is 11.4 Å². The molecule has 0 spiro atoms. The fourth-order valence-electron chi connectivity index (χ4n) is 2.85. The van der Waals surface area contributed by atoms with E-state index < -0.39 is 0 Å². The van der Waals surface area contributed by atoms with Crippen molar-refractivity contribution in [3.8, 4) is 11.4 Å². The predicted molar refractivity (Wildman–Crippen MR) is 114 cm³/mol. The molecule has 146 valence electrons. The lowest BCUT2D eigenvalue weighted by molar-refractivity contribution is 0.769. The Balaban J connectivity index is 1.79. The van der Waals surface area contributed by atoms with E-state index in [4.69, 9.17) is 11.6 Å². The smallest absolute Gasteiger partial charge is 0.299 e. The monoisotopic (exact) mass is 407 g/mol. The molecular formula is C20H18ClN7O. The van der Waals surface area contributed by atoms with Crippen molar-refractivity contribution in [3.05, 3.63) is 82.8 Å². The van der Waals surface area contributed by atoms with Gasteiger partial charge in [-0.2, -0.15) is 14.9 Å². The van der Waals surface area contributed by atoms with E-state index in [0.29, 0.717) is 22.1 Å². The molecular weight excluding hydrogens is 390 g/mol. The van der Waals surface area contributed by atoms with Crippen molar-refractivity contribution in [1.82, 2.24) is 24.5 Å². The third-order valence-corrected chi connectivity index (χ3v) is 4.59. The zero-order chi connectivity index (χ0) is 20.4. The van der Waals surface area contributed by atoms with Gasteiger partial charge in [0.05, 0.1) is 17.6 Å². The molecule has 29 heavy (non-hydrogen) atoms. The number of halogens is 1. The molecule has 0 saturated heterocycles. The van der Waals surface area contributed by atoms with Gasteiger partial charge < -0.3 is 10.2 Å². The quantitative estimate of drug-likeness (QED) is 0.546. The Kier molecular flexibility index (Phi) is 5.01. The molecule has 0 bridgehead atoms. The van der Waals surface area contributed by atoms with Crippen molar-refractivity contribution in [3.63, 3.8) is 0 Å². The van der Waals surface area contributed by atoms with Gasteiger partial charge in [-0.1, -0.05) is 11.6 Å². The molecule has 0 fully saturated rings. The summed E-state index contributed by atoms with van der Waals surface area (Å²) in [7, 11) is 3.96. The van der Waals surface area contributed by atoms with Crippen LogP contribution in [0.5, 0.6) is 0 Å². The number of nitrogens with one attached hydrogen (secondary N) is 1. The van der Waals surface area contributed by atoms with E-state index in [2.05, 4.69) is 20.5 Å². The minimum Gasteiger partial charge on any atom is -0.378 e. The summed E-state index contributed by atoms with van der Waals surface area (Å²) in [6, 6.07) is 14.7. The highest BCUT2D eigenvalue weighted by Crippen LogP contribution is 2.23. The average Bonchev–Trinajstić information content (AvgIpc) is 3.24. The SMILES string of the molecule is CN(C)c1ccc(Nc2cnn(-c3ccc(Cl)cc3)c(=O)c2-n2cncn2)cc1. The van der Waals surface area contributed by atoms with E-state index in [1.54, 1.807) is 30.5 Å². The summed E-state index contributed by atoms with van der Waals surface area (Å²) in [5.74, 6) is 0. The molecule has 0 amide bonds. The van der Waals surface area contributed by atoms with Gasteiger partial charge in [-0.05, 0) is 48.5 Å². The molecule has 0 radical (unpaired) electrons. The Bertz CT molecular complexity index is 1170. The zero-order valence-electron chi connectivity index (χ0n) is 15.8. The predicted octanol–water partition coefficient (Wildman–Crippen LogP) is 3.28. The molecule has 4 rings (SSSR count). The van der Waals surface area contributed by atoms with Crippen LogP contribution < -0.4 is 15.8 Å². The fraction of sp³-hybridized carbons (Fsp3) is 0.100. The van der Waals surface area contributed by atoms with Crippen LogP contribution in [0.3, 0.4) is 0 Å². The number of hydrogen-bond acceptors (Lipinski definition) is 6. The Labute approximate surface area is 172 Å². The third kappa shape index (κ3) is 3.83. The molecule has 0 unspecified atom stereocenters. The van der Waals surface area contributed by atoms with Crippen LogP contribution in [0.25, 0.3) is 11.4 Å². The van der Waals surface area contributed by atoms with Crippen LogP contribution in [0.4, 0.5) is 17.1 Å². The second-order valence-electron chi connectivity index (χ2n) is 6.51. The Morgan fingerprint density at radius 2 is 1.72 bits per heavy atom. The van der Waals surface area contributed by atoms with E-state index >= 15 is 0 Å². The molecule has 2 heterocycles. The Morgan fingerprint density at radius 1 is 1.00 bits per heavy atom. The van der Waals surface area contributed by atoms with Crippen LogP contribution in [0.2, 0.25) is 5.02 Å². The summed E-state index contributed by atoms with van der Waals surface area (Å²) in [5.41, 5.74) is 2.98. The van der Waals surface area contributed by atoms with Crippen LogP contribution in [0.15, 0.2) is 72.2 Å². The summed E-state index contributed by atoms with van der Waals surface area (Å²) in [6.07, 6.45) is 4.44. The van der Waals surface area contributed by atoms with Crippen LogP contribution in [-0.4, -0.2) is 38.6 Å². The van der Waals surface area contributed by atoms with Crippen molar-refractivity contribution in [2.24, 2.45) is 0 Å². The Morgan fingerprint density at radius 3 is 2.34 bits per heavy atom. The second-order valence-corrected chi connectivity index (χ2v) is 6.94. The first kappa shape index (κ1) is 18.7. The molecule has 8 nitrogen and oxygen atoms in total. The molecule has 4 aromatic rings. The van der Waals surface area contributed by atoms with Crippen LogP contribution in [0.1, 0.15) is 0 Å². The first-order chi connectivity index (χ1) is 14.0. The summed E-state index contributed by atoms with van der Waals surface area (Å²) < 4.78 is 2.72. The van der Waals surface area contributed by atoms with Gasteiger partial charge >= 0.3 is 0 Å². The maximum absolute atomic E-state index is 13.2. The standard InChI is InChI=1S/C20H18ClN7O/c1-26(2)16-9-5-15(6-10-16)25-18-11-23-28(17-7-3-14(21)4-8-17)20(29)19(18)27-13-22-12-24-27/h3-13,25H,1-2H3. The van der Waals surface area contributed by atoms with Crippen LogP contribution in [0, 0.1) is 0 Å². The van der Waals surface area contributed by atoms with Gasteiger partial charge in [0.2, 0.25) is 0 Å². The lowest BCUT2D eigenvalue weighted by Gasteiger charge is -2.15. The first-order valence-corrected chi connectivity index (χ1v) is 9.18. The van der Waals surface area contributed by atoms with Crippen molar-refractivity contribution >= 4 is 28.7 Å². The lowest BCUT2D eigenvalue weighted by Crippen LogP contribution is -2.26. The molecule has 9 heteroatoms. The van der Waals surface area contributed by atoms with E-state index in [9.17, 15) is 4.79 Å². The van der Waals surface area contributed by atoms with Crippen molar-refractivity contribution in [1.29, 1.82) is 0 Å². The zero-order valence-corrected chi connectivity index (χ0v) is 16.6. The molecule has 2 aromatic carbocycles. The lowest BCUT2D eigenvalue weighted by atomic mass is 10.2. The van der Waals surface area contributed by atoms with Crippen molar-refractivity contribution < 1.29 is 0 Å². The highest BCUT2D eigenvalue weighted by molar-refractivity contribution is 6.30. The summed E-state index contributed by atoms with van der Waals surface area (Å²) in [5, 5.41) is 12.3. The summed E-state index contributed by atoms with van der Waals surface area (Å²) >= 11 is 5.95. The number of rotatable bonds is 5. The van der Waals surface area contributed by atoms with Gasteiger partial charge in [0.15, 0.2) is 5.69 Å². The van der Waals surface area contributed by atoms with Crippen molar-refractivity contribution in [2.75, 3.05) is 24.3 Å². The van der Waals surface area contributed by atoms with E-state index in [1.165, 1.54) is 22.0 Å². The topological polar surface area (TPSA) is 80.9 Å². The maximum Gasteiger partial charge on any atom is 0.299 e. The van der Waals surface area contributed by atoms with Gasteiger partial charge in [-0.25, -0.2) is 9.67 Å². The Hall–Kier alpha value is -3.65. The van der Waals surface area contributed by atoms with E-state index in [1.807, 2.05) is 43.3 Å². The molecule has 1 N–H and O–H groups in total. The minimum atomic E-state index is -0.340.